The second-order valence-corrected chi connectivity index (χ2v) is 6.16. The zero-order valence-electron chi connectivity index (χ0n) is 14.1. The SMILES string of the molecule is Cc1cc(Nc2ncnc3ccc(Cl)nc23)ccc1Oc1cncc(F)c1. The first kappa shape index (κ1) is 17.1. The number of benzene rings is 1. The van der Waals surface area contributed by atoms with E-state index in [1.165, 1.54) is 18.6 Å². The van der Waals surface area contributed by atoms with Gasteiger partial charge in [0.1, 0.15) is 34.3 Å². The number of aromatic nitrogens is 4. The number of pyridine rings is 2. The van der Waals surface area contributed by atoms with Crippen LogP contribution < -0.4 is 10.1 Å². The van der Waals surface area contributed by atoms with E-state index in [9.17, 15) is 4.39 Å². The summed E-state index contributed by atoms with van der Waals surface area (Å²) in [4.78, 5) is 16.5. The molecule has 0 saturated heterocycles. The minimum Gasteiger partial charge on any atom is -0.455 e. The summed E-state index contributed by atoms with van der Waals surface area (Å²) >= 11 is 5.98. The fourth-order valence-electron chi connectivity index (χ4n) is 2.56. The van der Waals surface area contributed by atoms with Gasteiger partial charge in [-0.3, -0.25) is 4.98 Å². The predicted molar refractivity (Wildman–Crippen MR) is 101 cm³/mol. The summed E-state index contributed by atoms with van der Waals surface area (Å²) in [5, 5.41) is 3.58. The first-order chi connectivity index (χ1) is 13.1. The Hall–Kier alpha value is -3.32. The molecule has 134 valence electrons. The zero-order valence-corrected chi connectivity index (χ0v) is 14.9. The van der Waals surface area contributed by atoms with Crippen molar-refractivity contribution in [2.45, 2.75) is 6.92 Å². The number of anilines is 2. The van der Waals surface area contributed by atoms with Crippen molar-refractivity contribution in [1.82, 2.24) is 19.9 Å². The van der Waals surface area contributed by atoms with Crippen LogP contribution in [-0.4, -0.2) is 19.9 Å². The molecule has 0 aliphatic heterocycles. The van der Waals surface area contributed by atoms with Crippen LogP contribution in [0.3, 0.4) is 0 Å². The summed E-state index contributed by atoms with van der Waals surface area (Å²) in [6.45, 7) is 1.89. The quantitative estimate of drug-likeness (QED) is 0.498. The fraction of sp³-hybridized carbons (Fsp3) is 0.0526. The molecule has 0 aliphatic carbocycles. The first-order valence-electron chi connectivity index (χ1n) is 8.02. The molecule has 0 atom stereocenters. The van der Waals surface area contributed by atoms with Crippen LogP contribution in [-0.2, 0) is 0 Å². The molecular formula is C19H13ClFN5O. The summed E-state index contributed by atoms with van der Waals surface area (Å²) in [6, 6.07) is 10.2. The molecule has 0 bridgehead atoms. The molecule has 0 unspecified atom stereocenters. The number of fused-ring (bicyclic) bond motifs is 1. The van der Waals surface area contributed by atoms with Crippen molar-refractivity contribution in [3.63, 3.8) is 0 Å². The molecule has 0 spiro atoms. The van der Waals surface area contributed by atoms with Gasteiger partial charge >= 0.3 is 0 Å². The Labute approximate surface area is 159 Å². The molecule has 0 fully saturated rings. The number of aryl methyl sites for hydroxylation is 1. The van der Waals surface area contributed by atoms with Gasteiger partial charge in [0.05, 0.1) is 17.9 Å². The van der Waals surface area contributed by atoms with E-state index in [2.05, 4.69) is 25.3 Å². The smallest absolute Gasteiger partial charge is 0.160 e. The standard InChI is InChI=1S/C19H13ClFN5O/c1-11-6-13(2-4-16(11)27-14-7-12(21)8-22-9-14)25-19-18-15(23-10-24-19)3-5-17(20)26-18/h2-10H,1H3,(H,23,24,25). The normalized spacial score (nSPS) is 10.8. The van der Waals surface area contributed by atoms with Crippen LogP contribution in [0.5, 0.6) is 11.5 Å². The Morgan fingerprint density at radius 3 is 2.78 bits per heavy atom. The Balaban J connectivity index is 1.61. The van der Waals surface area contributed by atoms with E-state index < -0.39 is 5.82 Å². The molecule has 0 amide bonds. The highest BCUT2D eigenvalue weighted by Crippen LogP contribution is 2.29. The van der Waals surface area contributed by atoms with Crippen molar-refractivity contribution < 1.29 is 9.13 Å². The second-order valence-electron chi connectivity index (χ2n) is 5.77. The van der Waals surface area contributed by atoms with Crippen molar-refractivity contribution in [2.24, 2.45) is 0 Å². The molecule has 1 N–H and O–H groups in total. The summed E-state index contributed by atoms with van der Waals surface area (Å²) in [6.07, 6.45) is 4.04. The molecule has 0 radical (unpaired) electrons. The zero-order chi connectivity index (χ0) is 18.8. The van der Waals surface area contributed by atoms with E-state index in [1.807, 2.05) is 19.1 Å². The highest BCUT2D eigenvalue weighted by atomic mass is 35.5. The van der Waals surface area contributed by atoms with Crippen LogP contribution in [0, 0.1) is 12.7 Å². The van der Waals surface area contributed by atoms with Crippen LogP contribution in [0.15, 0.2) is 55.1 Å². The van der Waals surface area contributed by atoms with Gasteiger partial charge in [-0.15, -0.1) is 0 Å². The number of hydrogen-bond donors (Lipinski definition) is 1. The van der Waals surface area contributed by atoms with Gasteiger partial charge in [0.2, 0.25) is 0 Å². The molecule has 4 rings (SSSR count). The van der Waals surface area contributed by atoms with Crippen LogP contribution in [0.2, 0.25) is 5.15 Å². The Morgan fingerprint density at radius 2 is 1.96 bits per heavy atom. The van der Waals surface area contributed by atoms with Crippen LogP contribution >= 0.6 is 11.6 Å². The van der Waals surface area contributed by atoms with Crippen molar-refractivity contribution in [3.8, 4) is 11.5 Å². The lowest BCUT2D eigenvalue weighted by Gasteiger charge is -2.12. The number of nitrogens with one attached hydrogen (secondary N) is 1. The van der Waals surface area contributed by atoms with E-state index >= 15 is 0 Å². The van der Waals surface area contributed by atoms with Gasteiger partial charge in [-0.25, -0.2) is 19.3 Å². The maximum atomic E-state index is 13.3. The molecule has 8 heteroatoms. The number of rotatable bonds is 4. The highest BCUT2D eigenvalue weighted by molar-refractivity contribution is 6.29. The molecule has 4 aromatic rings. The number of halogens is 2. The topological polar surface area (TPSA) is 72.8 Å². The largest absolute Gasteiger partial charge is 0.455 e. The molecule has 6 nitrogen and oxygen atoms in total. The molecule has 3 aromatic heterocycles. The lowest BCUT2D eigenvalue weighted by Crippen LogP contribution is -1.98. The van der Waals surface area contributed by atoms with Crippen LogP contribution in [0.4, 0.5) is 15.9 Å². The summed E-state index contributed by atoms with van der Waals surface area (Å²) < 4.78 is 18.9. The van der Waals surface area contributed by atoms with Crippen LogP contribution in [0.1, 0.15) is 5.56 Å². The number of ether oxygens (including phenoxy) is 1. The fourth-order valence-corrected chi connectivity index (χ4v) is 2.71. The lowest BCUT2D eigenvalue weighted by atomic mass is 10.2. The third-order valence-corrected chi connectivity index (χ3v) is 4.00. The average molecular weight is 382 g/mol. The van der Waals surface area contributed by atoms with Gasteiger partial charge in [0.25, 0.3) is 0 Å². The molecule has 0 saturated carbocycles. The first-order valence-corrected chi connectivity index (χ1v) is 8.39. The Kier molecular flexibility index (Phi) is 4.52. The van der Waals surface area contributed by atoms with Gasteiger partial charge in [-0.05, 0) is 42.8 Å². The lowest BCUT2D eigenvalue weighted by molar-refractivity contribution is 0.470. The predicted octanol–water partition coefficient (Wildman–Crippen LogP) is 5.06. The third-order valence-electron chi connectivity index (χ3n) is 3.79. The van der Waals surface area contributed by atoms with Gasteiger partial charge in [-0.2, -0.15) is 0 Å². The second kappa shape index (κ2) is 7.13. The van der Waals surface area contributed by atoms with Gasteiger partial charge in [0, 0.05) is 11.8 Å². The van der Waals surface area contributed by atoms with E-state index in [0.29, 0.717) is 33.5 Å². The molecule has 0 aliphatic rings. The maximum Gasteiger partial charge on any atom is 0.160 e. The van der Waals surface area contributed by atoms with Crippen molar-refractivity contribution in [1.29, 1.82) is 0 Å². The van der Waals surface area contributed by atoms with E-state index in [1.54, 1.807) is 18.2 Å². The highest BCUT2D eigenvalue weighted by Gasteiger charge is 2.09. The summed E-state index contributed by atoms with van der Waals surface area (Å²) in [7, 11) is 0. The van der Waals surface area contributed by atoms with Gasteiger partial charge in [-0.1, -0.05) is 11.6 Å². The molecule has 1 aromatic carbocycles. The summed E-state index contributed by atoms with van der Waals surface area (Å²) in [5.41, 5.74) is 2.91. The van der Waals surface area contributed by atoms with Crippen LogP contribution in [0.25, 0.3) is 11.0 Å². The molecule has 27 heavy (non-hydrogen) atoms. The monoisotopic (exact) mass is 381 g/mol. The van der Waals surface area contributed by atoms with Crippen molar-refractivity contribution in [2.75, 3.05) is 5.32 Å². The number of hydrogen-bond acceptors (Lipinski definition) is 6. The Morgan fingerprint density at radius 1 is 1.07 bits per heavy atom. The Bertz CT molecular complexity index is 1140. The number of nitrogens with zero attached hydrogens (tertiary/aromatic N) is 4. The van der Waals surface area contributed by atoms with Gasteiger partial charge in [0.15, 0.2) is 5.82 Å². The van der Waals surface area contributed by atoms with E-state index in [0.717, 1.165) is 17.4 Å². The van der Waals surface area contributed by atoms with E-state index in [-0.39, 0.29) is 0 Å². The van der Waals surface area contributed by atoms with Crippen molar-refractivity contribution in [3.05, 3.63) is 71.7 Å². The minimum absolute atomic E-state index is 0.333. The average Bonchev–Trinajstić information content (AvgIpc) is 2.64. The van der Waals surface area contributed by atoms with Gasteiger partial charge < -0.3 is 10.1 Å². The molecule has 3 heterocycles. The molecular weight excluding hydrogens is 369 g/mol. The maximum absolute atomic E-state index is 13.3. The third kappa shape index (κ3) is 3.78. The minimum atomic E-state index is -0.453. The van der Waals surface area contributed by atoms with Crippen molar-refractivity contribution >= 4 is 34.1 Å². The van der Waals surface area contributed by atoms with E-state index in [4.69, 9.17) is 16.3 Å². The summed E-state index contributed by atoms with van der Waals surface area (Å²) in [5.74, 6) is 1.02.